The van der Waals surface area contributed by atoms with Gasteiger partial charge in [0.25, 0.3) is 0 Å². The van der Waals surface area contributed by atoms with Gasteiger partial charge in [0.05, 0.1) is 0 Å². The van der Waals surface area contributed by atoms with Crippen molar-refractivity contribution in [3.63, 3.8) is 0 Å². The van der Waals surface area contributed by atoms with Crippen molar-refractivity contribution >= 4 is 59.1 Å². The van der Waals surface area contributed by atoms with Crippen molar-refractivity contribution in [3.8, 4) is 0 Å². The predicted octanol–water partition coefficient (Wildman–Crippen LogP) is -1.30. The first-order valence-corrected chi connectivity index (χ1v) is 27.0. The molecule has 0 atom stereocenters. The third-order valence-electron chi connectivity index (χ3n) is 0. The van der Waals surface area contributed by atoms with Gasteiger partial charge in [-0.2, -0.15) is 0 Å². The van der Waals surface area contributed by atoms with Gasteiger partial charge in [-0.15, -0.1) is 0 Å². The van der Waals surface area contributed by atoms with Crippen LogP contribution < -0.4 is 0 Å². The molecule has 0 bridgehead atoms. The van der Waals surface area contributed by atoms with E-state index < -0.39 is 0 Å². The standard InChI is InChI=1S/2Na.3Zn.2H. The number of rotatable bonds is 0. The van der Waals surface area contributed by atoms with Crippen LogP contribution in [0.3, 0.4) is 0 Å². The summed E-state index contributed by atoms with van der Waals surface area (Å²) in [7, 11) is 0. The van der Waals surface area contributed by atoms with E-state index in [1.165, 1.54) is 0 Å². The molecule has 5 heteroatoms. The Hall–Kier alpha value is 3.87. The molecule has 0 nitrogen and oxygen atoms in total. The van der Waals surface area contributed by atoms with E-state index in [1.54, 1.807) is 31.6 Å². The Morgan fingerprint density at radius 2 is 1.00 bits per heavy atom. The summed E-state index contributed by atoms with van der Waals surface area (Å²) in [6.07, 6.45) is 0. The summed E-state index contributed by atoms with van der Waals surface area (Å²) in [4.78, 5) is 0. The van der Waals surface area contributed by atoms with E-state index in [2.05, 4.69) is 0 Å². The SMILES string of the molecule is [NaH].[NaH].[Zn][Zn][Zn]. The summed E-state index contributed by atoms with van der Waals surface area (Å²) in [6.45, 7) is 0. The van der Waals surface area contributed by atoms with Crippen LogP contribution in [0.15, 0.2) is 0 Å². The Labute approximate surface area is 100 Å². The summed E-state index contributed by atoms with van der Waals surface area (Å²) < 4.78 is 0. The molecule has 0 spiro atoms. The molecule has 0 amide bonds. The molecule has 0 aromatic carbocycles. The van der Waals surface area contributed by atoms with Crippen molar-refractivity contribution in [1.82, 2.24) is 0 Å². The number of hydrogen-bond acceptors (Lipinski definition) is 0. The molecule has 0 aliphatic rings. The predicted molar refractivity (Wildman–Crippen MR) is 14.3 cm³/mol. The van der Waals surface area contributed by atoms with Crippen molar-refractivity contribution in [2.45, 2.75) is 0 Å². The van der Waals surface area contributed by atoms with Crippen LogP contribution in [0.25, 0.3) is 0 Å². The second kappa shape index (κ2) is 15.7. The third-order valence-corrected chi connectivity index (χ3v) is 0. The maximum atomic E-state index is 1.69. The molecule has 0 saturated heterocycles. The van der Waals surface area contributed by atoms with Gasteiger partial charge >= 0.3 is 103 Å². The summed E-state index contributed by atoms with van der Waals surface area (Å²) in [5.41, 5.74) is 0. The minimum atomic E-state index is 0. The van der Waals surface area contributed by atoms with Crippen molar-refractivity contribution in [2.24, 2.45) is 0 Å². The fourth-order valence-corrected chi connectivity index (χ4v) is 0. The molecule has 0 radical (unpaired) electrons. The molecule has 0 aromatic rings. The van der Waals surface area contributed by atoms with Gasteiger partial charge in [0.1, 0.15) is 0 Å². The maximum absolute atomic E-state index is 1.69. The summed E-state index contributed by atoms with van der Waals surface area (Å²) in [6, 6.07) is 0. The molecule has 10 valence electrons. The Balaban J connectivity index is -0.0000000200. The zero-order valence-electron chi connectivity index (χ0n) is 2.12. The van der Waals surface area contributed by atoms with Crippen LogP contribution >= 0.6 is 0 Å². The van der Waals surface area contributed by atoms with Gasteiger partial charge in [0, 0.05) is 0 Å². The Kier molecular flexibility index (Phi) is 49.9. The zero-order chi connectivity index (χ0) is 2.71. The molecular weight excluding hydrogens is 242 g/mol. The van der Waals surface area contributed by atoms with E-state index in [9.17, 15) is 0 Å². The van der Waals surface area contributed by atoms with Gasteiger partial charge in [0.2, 0.25) is 0 Å². The van der Waals surface area contributed by atoms with E-state index in [0.29, 0.717) is 12.1 Å². The van der Waals surface area contributed by atoms with Crippen LogP contribution in [-0.2, 0) is 43.7 Å². The van der Waals surface area contributed by atoms with Crippen molar-refractivity contribution in [2.75, 3.05) is 0 Å². The first-order valence-electron chi connectivity index (χ1n) is 1.000. The summed E-state index contributed by atoms with van der Waals surface area (Å²) in [5.74, 6) is 0. The monoisotopic (exact) mass is 240 g/mol. The fraction of sp³-hybridized carbons (Fsp3) is 0. The molecule has 0 aromatic heterocycles. The molecule has 5 heavy (non-hydrogen) atoms. The first kappa shape index (κ1) is 15.9. The van der Waals surface area contributed by atoms with Gasteiger partial charge in [-0.25, -0.2) is 0 Å². The average molecular weight is 244 g/mol. The second-order valence-corrected chi connectivity index (χ2v) is 49.6. The Bertz CT molecular complexity index is 4.85. The van der Waals surface area contributed by atoms with Gasteiger partial charge in [-0.05, 0) is 0 Å². The van der Waals surface area contributed by atoms with Gasteiger partial charge in [-0.3, -0.25) is 0 Å². The third kappa shape index (κ3) is 18.1. The molecule has 0 saturated carbocycles. The van der Waals surface area contributed by atoms with Crippen LogP contribution in [-0.4, -0.2) is 59.1 Å². The van der Waals surface area contributed by atoms with Gasteiger partial charge in [0.15, 0.2) is 0 Å². The summed E-state index contributed by atoms with van der Waals surface area (Å²) in [5, 5.41) is 0. The average Bonchev–Trinajstić information content (AvgIpc) is 0.918. The quantitative estimate of drug-likeness (QED) is 0.464. The normalized spacial score (nSPS) is 2.40. The van der Waals surface area contributed by atoms with E-state index in [4.69, 9.17) is 0 Å². The van der Waals surface area contributed by atoms with Crippen LogP contribution in [0.5, 0.6) is 0 Å². The van der Waals surface area contributed by atoms with Crippen LogP contribution in [0.1, 0.15) is 0 Å². The molecular formula is H2Na2Zn3. The molecule has 0 N–H and O–H groups in total. The topological polar surface area (TPSA) is 0 Å². The van der Waals surface area contributed by atoms with Gasteiger partial charge in [-0.1, -0.05) is 0 Å². The molecule has 0 fully saturated rings. The fourth-order valence-electron chi connectivity index (χ4n) is 0. The van der Waals surface area contributed by atoms with Crippen molar-refractivity contribution in [3.05, 3.63) is 0 Å². The molecule has 0 aliphatic carbocycles. The second-order valence-electron chi connectivity index (χ2n) is 0.354. The Morgan fingerprint density at radius 3 is 1.00 bits per heavy atom. The molecule has 0 aliphatic heterocycles. The van der Waals surface area contributed by atoms with E-state index >= 15 is 0 Å². The van der Waals surface area contributed by atoms with Crippen molar-refractivity contribution < 1.29 is 43.7 Å². The van der Waals surface area contributed by atoms with E-state index in [-0.39, 0.29) is 59.1 Å². The minimum absolute atomic E-state index is 0. The number of hydrogen-bond donors (Lipinski definition) is 0. The molecule has 0 rings (SSSR count). The molecule has 0 unspecified atom stereocenters. The zero-order valence-corrected chi connectivity index (χ0v) is 11.0. The van der Waals surface area contributed by atoms with Gasteiger partial charge < -0.3 is 0 Å². The van der Waals surface area contributed by atoms with Crippen LogP contribution in [0, 0.1) is 0 Å². The van der Waals surface area contributed by atoms with Crippen molar-refractivity contribution in [1.29, 1.82) is 0 Å². The van der Waals surface area contributed by atoms with Crippen LogP contribution in [0.2, 0.25) is 0 Å². The molecule has 0 heterocycles. The first-order chi connectivity index (χ1) is 1.41. The Morgan fingerprint density at radius 1 is 1.00 bits per heavy atom. The summed E-state index contributed by atoms with van der Waals surface area (Å²) >= 11 is 3.75. The van der Waals surface area contributed by atoms with E-state index in [0.717, 1.165) is 0 Å². The van der Waals surface area contributed by atoms with Crippen LogP contribution in [0.4, 0.5) is 0 Å². The van der Waals surface area contributed by atoms with E-state index in [1.807, 2.05) is 0 Å².